The van der Waals surface area contributed by atoms with E-state index in [0.29, 0.717) is 5.38 Å². The van der Waals surface area contributed by atoms with Gasteiger partial charge in [0.15, 0.2) is 0 Å². The van der Waals surface area contributed by atoms with Crippen LogP contribution in [0.1, 0.15) is 52.4 Å². The Bertz CT molecular complexity index is 139. The highest BCUT2D eigenvalue weighted by Crippen LogP contribution is 2.22. The monoisotopic (exact) mass is 217 g/mol. The Morgan fingerprint density at radius 3 is 2.43 bits per heavy atom. The first kappa shape index (κ1) is 12.3. The molecule has 0 spiro atoms. The molecule has 14 heavy (non-hydrogen) atoms. The normalized spacial score (nSPS) is 28.3. The molecule has 0 radical (unpaired) electrons. The predicted octanol–water partition coefficient (Wildman–Crippen LogP) is 3.56. The molecule has 1 saturated carbocycles. The smallest absolute Gasteiger partial charge is 0.0337 e. The van der Waals surface area contributed by atoms with Crippen molar-refractivity contribution < 1.29 is 0 Å². The largest absolute Gasteiger partial charge is 0.314 e. The van der Waals surface area contributed by atoms with Gasteiger partial charge in [0, 0.05) is 11.4 Å². The zero-order valence-electron chi connectivity index (χ0n) is 9.56. The average molecular weight is 218 g/mol. The summed E-state index contributed by atoms with van der Waals surface area (Å²) in [7, 11) is 0. The van der Waals surface area contributed by atoms with E-state index >= 15 is 0 Å². The minimum absolute atomic E-state index is 0.448. The van der Waals surface area contributed by atoms with Crippen molar-refractivity contribution in [2.45, 2.75) is 63.8 Å². The molecule has 0 amide bonds. The first-order valence-corrected chi connectivity index (χ1v) is 6.49. The first-order valence-electron chi connectivity index (χ1n) is 6.06. The number of nitrogens with one attached hydrogen (secondary N) is 1. The van der Waals surface area contributed by atoms with Gasteiger partial charge >= 0.3 is 0 Å². The Morgan fingerprint density at radius 1 is 1.21 bits per heavy atom. The van der Waals surface area contributed by atoms with Crippen LogP contribution in [0, 0.1) is 5.92 Å². The Kier molecular flexibility index (Phi) is 5.88. The molecule has 0 aromatic heterocycles. The number of halogens is 1. The highest BCUT2D eigenvalue weighted by molar-refractivity contribution is 6.20. The van der Waals surface area contributed by atoms with Gasteiger partial charge in [-0.25, -0.2) is 0 Å². The molecule has 0 atom stereocenters. The lowest BCUT2D eigenvalue weighted by molar-refractivity contribution is 0.370. The second-order valence-corrected chi connectivity index (χ2v) is 5.56. The summed E-state index contributed by atoms with van der Waals surface area (Å²) >= 11 is 6.06. The Morgan fingerprint density at radius 2 is 1.86 bits per heavy atom. The van der Waals surface area contributed by atoms with Crippen LogP contribution in [0.2, 0.25) is 0 Å². The topological polar surface area (TPSA) is 12.0 Å². The van der Waals surface area contributed by atoms with Gasteiger partial charge in [0.25, 0.3) is 0 Å². The summed E-state index contributed by atoms with van der Waals surface area (Å²) < 4.78 is 0. The van der Waals surface area contributed by atoms with Crippen molar-refractivity contribution >= 4 is 11.6 Å². The molecular formula is C12H24ClN. The van der Waals surface area contributed by atoms with E-state index in [0.717, 1.165) is 12.0 Å². The molecule has 0 aliphatic heterocycles. The number of alkyl halides is 1. The van der Waals surface area contributed by atoms with Crippen LogP contribution in [-0.4, -0.2) is 18.0 Å². The minimum atomic E-state index is 0.448. The van der Waals surface area contributed by atoms with Gasteiger partial charge in [-0.3, -0.25) is 0 Å². The number of hydrogen-bond donors (Lipinski definition) is 1. The highest BCUT2D eigenvalue weighted by Gasteiger charge is 2.18. The van der Waals surface area contributed by atoms with Crippen molar-refractivity contribution in [3.8, 4) is 0 Å². The van der Waals surface area contributed by atoms with Crippen molar-refractivity contribution in [1.82, 2.24) is 5.32 Å². The lowest BCUT2D eigenvalue weighted by Gasteiger charge is -2.26. The minimum Gasteiger partial charge on any atom is -0.314 e. The summed E-state index contributed by atoms with van der Waals surface area (Å²) in [6, 6.07) is 0.747. The Balaban J connectivity index is 1.96. The van der Waals surface area contributed by atoms with Crippen molar-refractivity contribution in [3.05, 3.63) is 0 Å². The summed E-state index contributed by atoms with van der Waals surface area (Å²) in [5, 5.41) is 4.09. The van der Waals surface area contributed by atoms with Gasteiger partial charge < -0.3 is 5.32 Å². The second kappa shape index (κ2) is 6.68. The lowest BCUT2D eigenvalue weighted by Crippen LogP contribution is -2.34. The van der Waals surface area contributed by atoms with Gasteiger partial charge in [-0.15, -0.1) is 11.6 Å². The van der Waals surface area contributed by atoms with Crippen LogP contribution in [-0.2, 0) is 0 Å². The molecule has 0 unspecified atom stereocenters. The molecule has 1 rings (SSSR count). The van der Waals surface area contributed by atoms with E-state index in [1.807, 2.05) is 0 Å². The van der Waals surface area contributed by atoms with Gasteiger partial charge in [-0.05, 0) is 51.0 Å². The number of rotatable bonds is 5. The maximum atomic E-state index is 6.06. The summed E-state index contributed by atoms with van der Waals surface area (Å²) in [5.41, 5.74) is 0. The van der Waals surface area contributed by atoms with Gasteiger partial charge in [0.05, 0.1) is 0 Å². The molecule has 0 heterocycles. The second-order valence-electron chi connectivity index (χ2n) is 4.94. The molecule has 1 aliphatic rings. The van der Waals surface area contributed by atoms with E-state index in [9.17, 15) is 0 Å². The van der Waals surface area contributed by atoms with E-state index in [-0.39, 0.29) is 0 Å². The van der Waals surface area contributed by atoms with Crippen molar-refractivity contribution in [2.24, 2.45) is 5.92 Å². The van der Waals surface area contributed by atoms with Crippen LogP contribution < -0.4 is 5.32 Å². The van der Waals surface area contributed by atoms with Gasteiger partial charge in [-0.1, -0.05) is 13.8 Å². The van der Waals surface area contributed by atoms with E-state index in [1.165, 1.54) is 45.1 Å². The van der Waals surface area contributed by atoms with Crippen molar-refractivity contribution in [3.63, 3.8) is 0 Å². The van der Waals surface area contributed by atoms with Gasteiger partial charge in [0.1, 0.15) is 0 Å². The number of hydrogen-bond acceptors (Lipinski definition) is 1. The van der Waals surface area contributed by atoms with Crippen LogP contribution in [0.25, 0.3) is 0 Å². The zero-order valence-corrected chi connectivity index (χ0v) is 10.3. The maximum absolute atomic E-state index is 6.06. The molecule has 84 valence electrons. The molecule has 0 aromatic carbocycles. The SMILES string of the molecule is CC(C)CCCNC1CCC(Cl)CC1. The molecule has 1 aliphatic carbocycles. The fraction of sp³-hybridized carbons (Fsp3) is 1.00. The van der Waals surface area contributed by atoms with Crippen molar-refractivity contribution in [1.29, 1.82) is 0 Å². The van der Waals surface area contributed by atoms with Crippen LogP contribution in [0.5, 0.6) is 0 Å². The summed E-state index contributed by atoms with van der Waals surface area (Å²) in [6.07, 6.45) is 7.61. The molecular weight excluding hydrogens is 194 g/mol. The summed E-state index contributed by atoms with van der Waals surface area (Å²) in [6.45, 7) is 5.77. The van der Waals surface area contributed by atoms with Crippen LogP contribution in [0.15, 0.2) is 0 Å². The third-order valence-corrected chi connectivity index (χ3v) is 3.48. The first-order chi connectivity index (χ1) is 6.68. The van der Waals surface area contributed by atoms with Crippen LogP contribution >= 0.6 is 11.6 Å². The van der Waals surface area contributed by atoms with E-state index in [2.05, 4.69) is 19.2 Å². The third-order valence-electron chi connectivity index (χ3n) is 3.05. The van der Waals surface area contributed by atoms with Gasteiger partial charge in [0.2, 0.25) is 0 Å². The molecule has 0 bridgehead atoms. The Hall–Kier alpha value is 0.250. The van der Waals surface area contributed by atoms with E-state index in [4.69, 9.17) is 11.6 Å². The van der Waals surface area contributed by atoms with Gasteiger partial charge in [-0.2, -0.15) is 0 Å². The lowest BCUT2D eigenvalue weighted by atomic mass is 9.95. The van der Waals surface area contributed by atoms with E-state index in [1.54, 1.807) is 0 Å². The molecule has 0 aromatic rings. The summed E-state index contributed by atoms with van der Waals surface area (Å²) in [4.78, 5) is 0. The third kappa shape index (κ3) is 5.21. The zero-order chi connectivity index (χ0) is 10.4. The molecule has 2 heteroatoms. The van der Waals surface area contributed by atoms with Crippen molar-refractivity contribution in [2.75, 3.05) is 6.54 Å². The maximum Gasteiger partial charge on any atom is 0.0337 e. The molecule has 1 nitrogen and oxygen atoms in total. The van der Waals surface area contributed by atoms with Crippen LogP contribution in [0.4, 0.5) is 0 Å². The fourth-order valence-corrected chi connectivity index (χ4v) is 2.33. The molecule has 1 N–H and O–H groups in total. The quantitative estimate of drug-likeness (QED) is 0.549. The molecule has 1 fully saturated rings. The Labute approximate surface area is 93.6 Å². The summed E-state index contributed by atoms with van der Waals surface area (Å²) in [5.74, 6) is 0.843. The predicted molar refractivity (Wildman–Crippen MR) is 64.0 cm³/mol. The molecule has 0 saturated heterocycles. The average Bonchev–Trinajstić information content (AvgIpc) is 2.15. The fourth-order valence-electron chi connectivity index (χ4n) is 2.07. The standard InChI is InChI=1S/C12H24ClN/c1-10(2)4-3-9-14-12-7-5-11(13)6-8-12/h10-12,14H,3-9H2,1-2H3. The van der Waals surface area contributed by atoms with E-state index < -0.39 is 0 Å². The highest BCUT2D eigenvalue weighted by atomic mass is 35.5. The van der Waals surface area contributed by atoms with Crippen LogP contribution in [0.3, 0.4) is 0 Å².